The highest BCUT2D eigenvalue weighted by molar-refractivity contribution is 6.38. The number of benzene rings is 1. The fourth-order valence-corrected chi connectivity index (χ4v) is 7.68. The summed E-state index contributed by atoms with van der Waals surface area (Å²) in [4.78, 5) is 98.2. The van der Waals surface area contributed by atoms with E-state index in [-0.39, 0.29) is 55.1 Å². The zero-order valence-electron chi connectivity index (χ0n) is 33.0. The Kier molecular flexibility index (Phi) is 13.4. The van der Waals surface area contributed by atoms with Gasteiger partial charge in [0.25, 0.3) is 0 Å². The van der Waals surface area contributed by atoms with Crippen LogP contribution in [-0.2, 0) is 41.7 Å². The van der Waals surface area contributed by atoms with Crippen LogP contribution in [0.15, 0.2) is 24.3 Å². The zero-order chi connectivity index (χ0) is 39.3. The normalized spacial score (nSPS) is 21.5. The van der Waals surface area contributed by atoms with E-state index in [9.17, 15) is 33.6 Å². The summed E-state index contributed by atoms with van der Waals surface area (Å²) >= 11 is 0. The molecule has 5 atom stereocenters. The molecule has 2 N–H and O–H groups in total. The molecule has 2 saturated carbocycles. The Morgan fingerprint density at radius 2 is 1.63 bits per heavy atom. The van der Waals surface area contributed by atoms with Gasteiger partial charge in [-0.25, -0.2) is 9.59 Å². The van der Waals surface area contributed by atoms with Gasteiger partial charge in [-0.15, -0.1) is 0 Å². The monoisotopic (exact) mass is 748 g/mol. The number of likely N-dealkylation sites (tertiary alicyclic amines) is 1. The van der Waals surface area contributed by atoms with Gasteiger partial charge < -0.3 is 25.2 Å². The lowest BCUT2D eigenvalue weighted by Crippen LogP contribution is -2.60. The number of nitrogens with one attached hydrogen (secondary N) is 2. The maximum atomic E-state index is 14.6. The minimum Gasteiger partial charge on any atom is -0.444 e. The molecule has 0 radical (unpaired) electrons. The van der Waals surface area contributed by atoms with Gasteiger partial charge >= 0.3 is 12.1 Å². The van der Waals surface area contributed by atoms with Crippen LogP contribution >= 0.6 is 0 Å². The second kappa shape index (κ2) is 17.6. The third kappa shape index (κ3) is 10.6. The van der Waals surface area contributed by atoms with Crippen molar-refractivity contribution in [1.29, 1.82) is 0 Å². The van der Waals surface area contributed by atoms with Crippen molar-refractivity contribution in [2.75, 3.05) is 13.1 Å². The van der Waals surface area contributed by atoms with Gasteiger partial charge in [0.05, 0.1) is 18.6 Å². The van der Waals surface area contributed by atoms with E-state index in [0.29, 0.717) is 32.4 Å². The number of ether oxygens (including phenoxy) is 1. The van der Waals surface area contributed by atoms with Gasteiger partial charge in [0.2, 0.25) is 11.7 Å². The second-order valence-corrected chi connectivity index (χ2v) is 17.4. The van der Waals surface area contributed by atoms with Crippen LogP contribution in [0, 0.1) is 29.1 Å². The number of carbonyl (C=O) groups excluding carboxylic acids is 7. The van der Waals surface area contributed by atoms with Gasteiger partial charge in [-0.1, -0.05) is 78.6 Å². The molecule has 1 unspecified atom stereocenters. The Morgan fingerprint density at radius 3 is 2.24 bits per heavy atom. The highest BCUT2D eigenvalue weighted by atomic mass is 16.6. The number of carbonyl (C=O) groups is 7. The Balaban J connectivity index is 1.35. The molecular formula is C42H60N4O8. The molecule has 296 valence electrons. The molecule has 1 saturated heterocycles. The number of fused-ring (bicyclic) bond motifs is 1. The molecular weight excluding hydrogens is 688 g/mol. The smallest absolute Gasteiger partial charge is 0.410 e. The van der Waals surface area contributed by atoms with E-state index in [1.165, 1.54) is 10.5 Å². The molecule has 12 heteroatoms. The van der Waals surface area contributed by atoms with Gasteiger partial charge in [-0.05, 0) is 66.9 Å². The van der Waals surface area contributed by atoms with Crippen LogP contribution in [0.5, 0.6) is 0 Å². The summed E-state index contributed by atoms with van der Waals surface area (Å²) in [5, 5.41) is 5.62. The van der Waals surface area contributed by atoms with Gasteiger partial charge in [-0.3, -0.25) is 24.0 Å². The summed E-state index contributed by atoms with van der Waals surface area (Å²) in [6.07, 6.45) is 4.64. The fourth-order valence-electron chi connectivity index (χ4n) is 7.68. The van der Waals surface area contributed by atoms with Gasteiger partial charge in [0.15, 0.2) is 17.3 Å². The highest BCUT2D eigenvalue weighted by Gasteiger charge is 2.47. The molecule has 2 aliphatic heterocycles. The standard InChI is InChI=1S/C42H60N4O8/c1-7-8-11-29(36(49)34(48)20-26-14-15-26)21-33(47)32-22-31(54-41(53)45-19-18-27-12-9-10-13-30(27)23-45)24-46(32)39(51)38(42(4,5)6)44-40(52)43-35(25(2)3)37(50)28-16-17-28/h9-10,12-13,25-26,28-29,31-32,35,38H,7-8,11,14-24H2,1-6H3,(H2,43,44,52)/t29?,31-,32+,35+,38-/m1/s1. The lowest BCUT2D eigenvalue weighted by molar-refractivity contribution is -0.143. The lowest BCUT2D eigenvalue weighted by atomic mass is 9.84. The van der Waals surface area contributed by atoms with Crippen molar-refractivity contribution >= 4 is 41.2 Å². The Hall–Kier alpha value is -4.09. The van der Waals surface area contributed by atoms with E-state index in [4.69, 9.17) is 4.74 Å². The molecule has 3 fully saturated rings. The van der Waals surface area contributed by atoms with E-state index < -0.39 is 65.2 Å². The van der Waals surface area contributed by atoms with Crippen molar-refractivity contribution in [1.82, 2.24) is 20.4 Å². The third-order valence-electron chi connectivity index (χ3n) is 11.4. The number of hydrogen-bond donors (Lipinski definition) is 2. The predicted molar refractivity (Wildman–Crippen MR) is 202 cm³/mol. The molecule has 5 rings (SSSR count). The molecule has 1 aromatic rings. The predicted octanol–water partition coefficient (Wildman–Crippen LogP) is 5.57. The first-order valence-electron chi connectivity index (χ1n) is 20.1. The van der Waals surface area contributed by atoms with E-state index in [0.717, 1.165) is 37.7 Å². The number of rotatable bonds is 17. The van der Waals surface area contributed by atoms with Gasteiger partial charge in [0.1, 0.15) is 12.1 Å². The van der Waals surface area contributed by atoms with Crippen LogP contribution in [0.1, 0.15) is 117 Å². The number of nitrogens with zero attached hydrogens (tertiary/aromatic N) is 2. The number of Topliss-reactive ketones (excluding diaryl/α,β-unsaturated/α-hetero) is 4. The first-order valence-corrected chi connectivity index (χ1v) is 20.1. The lowest BCUT2D eigenvalue weighted by Gasteiger charge is -2.36. The Labute approximate surface area is 319 Å². The van der Waals surface area contributed by atoms with Crippen LogP contribution in [0.4, 0.5) is 9.59 Å². The molecule has 2 aliphatic carbocycles. The maximum Gasteiger partial charge on any atom is 0.410 e. The maximum absolute atomic E-state index is 14.6. The number of amides is 4. The SMILES string of the molecule is CCCCC(CC(=O)[C@@H]1C[C@@H](OC(=O)N2CCc3ccccc3C2)CN1C(=O)[C@@H](NC(=O)N[C@H](C(=O)C1CC1)C(C)C)C(C)(C)C)C(=O)C(=O)CC1CC1. The number of ketones is 4. The molecule has 0 spiro atoms. The number of urea groups is 1. The van der Waals surface area contributed by atoms with E-state index >= 15 is 0 Å². The fraction of sp³-hybridized carbons (Fsp3) is 0.690. The van der Waals surface area contributed by atoms with Crippen LogP contribution < -0.4 is 10.6 Å². The zero-order valence-corrected chi connectivity index (χ0v) is 33.0. The van der Waals surface area contributed by atoms with Crippen LogP contribution in [0.2, 0.25) is 0 Å². The molecule has 1 aromatic carbocycles. The van der Waals surface area contributed by atoms with Crippen molar-refractivity contribution in [2.45, 2.75) is 143 Å². The first-order chi connectivity index (χ1) is 25.6. The molecule has 0 bridgehead atoms. The summed E-state index contributed by atoms with van der Waals surface area (Å²) in [6, 6.07) is 4.40. The quantitative estimate of drug-likeness (QED) is 0.196. The van der Waals surface area contributed by atoms with Crippen molar-refractivity contribution in [3.05, 3.63) is 35.4 Å². The van der Waals surface area contributed by atoms with E-state index in [1.807, 2.05) is 45.0 Å². The Morgan fingerprint density at radius 1 is 0.944 bits per heavy atom. The van der Waals surface area contributed by atoms with Gasteiger partial charge in [0, 0.05) is 44.2 Å². The van der Waals surface area contributed by atoms with E-state index in [2.05, 4.69) is 10.6 Å². The molecule has 4 aliphatic rings. The van der Waals surface area contributed by atoms with E-state index in [1.54, 1.807) is 25.7 Å². The van der Waals surface area contributed by atoms with Crippen molar-refractivity contribution in [3.63, 3.8) is 0 Å². The minimum absolute atomic E-state index is 0.0198. The third-order valence-corrected chi connectivity index (χ3v) is 11.4. The largest absolute Gasteiger partial charge is 0.444 e. The molecule has 0 aromatic heterocycles. The molecule has 2 heterocycles. The molecule has 4 amide bonds. The van der Waals surface area contributed by atoms with Crippen LogP contribution in [0.3, 0.4) is 0 Å². The summed E-state index contributed by atoms with van der Waals surface area (Å²) in [5.74, 6) is -2.68. The summed E-state index contributed by atoms with van der Waals surface area (Å²) in [6.45, 7) is 11.9. The summed E-state index contributed by atoms with van der Waals surface area (Å²) in [5.41, 5.74) is 1.39. The average molecular weight is 749 g/mol. The summed E-state index contributed by atoms with van der Waals surface area (Å²) < 4.78 is 6.00. The minimum atomic E-state index is -1.11. The van der Waals surface area contributed by atoms with Crippen molar-refractivity contribution < 1.29 is 38.3 Å². The van der Waals surface area contributed by atoms with Crippen LogP contribution in [-0.4, -0.2) is 88.3 Å². The first kappa shape index (κ1) is 41.1. The average Bonchev–Trinajstić information content (AvgIpc) is 4.08. The number of hydrogen-bond acceptors (Lipinski definition) is 8. The second-order valence-electron chi connectivity index (χ2n) is 17.4. The Bertz CT molecular complexity index is 1590. The van der Waals surface area contributed by atoms with Crippen molar-refractivity contribution in [2.24, 2.45) is 29.1 Å². The molecule has 54 heavy (non-hydrogen) atoms. The topological polar surface area (TPSA) is 159 Å². The van der Waals surface area contributed by atoms with Crippen LogP contribution in [0.25, 0.3) is 0 Å². The van der Waals surface area contributed by atoms with Crippen molar-refractivity contribution in [3.8, 4) is 0 Å². The van der Waals surface area contributed by atoms with Gasteiger partial charge in [-0.2, -0.15) is 0 Å². The molecule has 12 nitrogen and oxygen atoms in total. The number of unbranched alkanes of at least 4 members (excludes halogenated alkanes) is 1. The summed E-state index contributed by atoms with van der Waals surface area (Å²) in [7, 11) is 0. The highest BCUT2D eigenvalue weighted by Crippen LogP contribution is 2.35.